The Morgan fingerprint density at radius 2 is 1.73 bits per heavy atom. The molecule has 2 aliphatic rings. The molecule has 0 saturated carbocycles. The van der Waals surface area contributed by atoms with E-state index in [4.69, 9.17) is 0 Å². The summed E-state index contributed by atoms with van der Waals surface area (Å²) in [5.74, 6) is 1.45. The van der Waals surface area contributed by atoms with E-state index in [0.717, 1.165) is 11.8 Å². The summed E-state index contributed by atoms with van der Waals surface area (Å²) in [6, 6.07) is 0. The van der Waals surface area contributed by atoms with E-state index in [1.54, 1.807) is 5.57 Å². The van der Waals surface area contributed by atoms with Gasteiger partial charge in [0.1, 0.15) is 0 Å². The summed E-state index contributed by atoms with van der Waals surface area (Å²) in [6.45, 7) is 9.44. The highest BCUT2D eigenvalue weighted by Gasteiger charge is 2.37. The smallest absolute Gasteiger partial charge is 0.00314 e. The maximum absolute atomic E-state index is 2.47. The Bertz CT molecular complexity index is 329. The van der Waals surface area contributed by atoms with Gasteiger partial charge in [0, 0.05) is 0 Å². The molecule has 0 aromatic heterocycles. The van der Waals surface area contributed by atoms with Crippen LogP contribution in [0.25, 0.3) is 0 Å². The van der Waals surface area contributed by atoms with Crippen LogP contribution in [0.1, 0.15) is 40.5 Å². The molecule has 0 heteroatoms. The topological polar surface area (TPSA) is 0 Å². The first kappa shape index (κ1) is 10.7. The fourth-order valence-electron chi connectivity index (χ4n) is 3.04. The maximum Gasteiger partial charge on any atom is -0.00314 e. The average Bonchev–Trinajstić information content (AvgIpc) is 2.62. The molecule has 15 heavy (non-hydrogen) atoms. The van der Waals surface area contributed by atoms with Crippen LogP contribution in [0.3, 0.4) is 0 Å². The fourth-order valence-corrected chi connectivity index (χ4v) is 3.04. The van der Waals surface area contributed by atoms with E-state index in [2.05, 4.69) is 52.0 Å². The molecule has 0 radical (unpaired) electrons. The van der Waals surface area contributed by atoms with Crippen molar-refractivity contribution in [2.75, 3.05) is 0 Å². The molecule has 2 rings (SSSR count). The molecule has 82 valence electrons. The predicted octanol–water partition coefficient (Wildman–Crippen LogP) is 4.50. The molecular formula is C15H22. The molecule has 0 unspecified atom stereocenters. The van der Waals surface area contributed by atoms with Crippen molar-refractivity contribution in [3.05, 3.63) is 35.5 Å². The summed E-state index contributed by atoms with van der Waals surface area (Å²) in [5.41, 5.74) is 3.53. The minimum Gasteiger partial charge on any atom is -0.0798 e. The Hall–Kier alpha value is -0.780. The summed E-state index contributed by atoms with van der Waals surface area (Å²) < 4.78 is 0. The summed E-state index contributed by atoms with van der Waals surface area (Å²) in [6.07, 6.45) is 11.8. The van der Waals surface area contributed by atoms with Gasteiger partial charge in [-0.1, -0.05) is 57.6 Å². The minimum atomic E-state index is 0.394. The molecule has 0 saturated heterocycles. The van der Waals surface area contributed by atoms with Crippen molar-refractivity contribution < 1.29 is 0 Å². The van der Waals surface area contributed by atoms with Gasteiger partial charge in [-0.25, -0.2) is 0 Å². The van der Waals surface area contributed by atoms with E-state index in [-0.39, 0.29) is 0 Å². The minimum absolute atomic E-state index is 0.394. The summed E-state index contributed by atoms with van der Waals surface area (Å²) in [4.78, 5) is 0. The quantitative estimate of drug-likeness (QED) is 0.618. The highest BCUT2D eigenvalue weighted by atomic mass is 14.4. The van der Waals surface area contributed by atoms with Gasteiger partial charge in [-0.3, -0.25) is 0 Å². The first-order chi connectivity index (χ1) is 7.06. The standard InChI is InChI=1S/C15H22/c1-11(2)15(12(3)4)9-8-13-6-5-7-14(13)10-15/h5-6,8-9,11-12H,7,10H2,1-4H3. The predicted molar refractivity (Wildman–Crippen MR) is 66.6 cm³/mol. The van der Waals surface area contributed by atoms with Crippen molar-refractivity contribution in [3.8, 4) is 0 Å². The zero-order valence-corrected chi connectivity index (χ0v) is 10.4. The number of hydrogen-bond acceptors (Lipinski definition) is 0. The third kappa shape index (κ3) is 1.60. The lowest BCUT2D eigenvalue weighted by Gasteiger charge is -2.41. The second-order valence-electron chi connectivity index (χ2n) is 5.60. The SMILES string of the molecule is CC(C)C1(C(C)C)C=CC2=C(CC=C2)C1. The third-order valence-corrected chi connectivity index (χ3v) is 4.31. The molecule has 0 heterocycles. The second kappa shape index (κ2) is 3.66. The van der Waals surface area contributed by atoms with E-state index in [9.17, 15) is 0 Å². The highest BCUT2D eigenvalue weighted by molar-refractivity contribution is 5.46. The van der Waals surface area contributed by atoms with Gasteiger partial charge in [-0.2, -0.15) is 0 Å². The van der Waals surface area contributed by atoms with E-state index < -0.39 is 0 Å². The Morgan fingerprint density at radius 1 is 1.07 bits per heavy atom. The second-order valence-corrected chi connectivity index (χ2v) is 5.60. The van der Waals surface area contributed by atoms with Crippen LogP contribution in [0.2, 0.25) is 0 Å². The zero-order valence-electron chi connectivity index (χ0n) is 10.4. The molecule has 2 aliphatic carbocycles. The van der Waals surface area contributed by atoms with Crippen molar-refractivity contribution in [2.45, 2.75) is 40.5 Å². The molecule has 0 aromatic rings. The van der Waals surface area contributed by atoms with E-state index in [0.29, 0.717) is 5.41 Å². The summed E-state index contributed by atoms with van der Waals surface area (Å²) >= 11 is 0. The molecule has 0 fully saturated rings. The summed E-state index contributed by atoms with van der Waals surface area (Å²) in [7, 11) is 0. The van der Waals surface area contributed by atoms with E-state index in [1.165, 1.54) is 18.4 Å². The maximum atomic E-state index is 2.47. The lowest BCUT2D eigenvalue weighted by molar-refractivity contribution is 0.175. The average molecular weight is 202 g/mol. The van der Waals surface area contributed by atoms with Crippen LogP contribution in [0.5, 0.6) is 0 Å². The zero-order chi connectivity index (χ0) is 11.1. The van der Waals surface area contributed by atoms with Gasteiger partial charge in [0.25, 0.3) is 0 Å². The van der Waals surface area contributed by atoms with Crippen molar-refractivity contribution >= 4 is 0 Å². The Balaban J connectivity index is 2.30. The van der Waals surface area contributed by atoms with Crippen molar-refractivity contribution in [1.29, 1.82) is 0 Å². The van der Waals surface area contributed by atoms with Gasteiger partial charge in [0.2, 0.25) is 0 Å². The van der Waals surface area contributed by atoms with Crippen LogP contribution in [0, 0.1) is 17.3 Å². The normalized spacial score (nSPS) is 23.1. The van der Waals surface area contributed by atoms with Gasteiger partial charge >= 0.3 is 0 Å². The van der Waals surface area contributed by atoms with Gasteiger partial charge in [0.15, 0.2) is 0 Å². The molecule has 0 atom stereocenters. The highest BCUT2D eigenvalue weighted by Crippen LogP contribution is 2.48. The number of rotatable bonds is 2. The molecule has 0 spiro atoms. The Morgan fingerprint density at radius 3 is 2.33 bits per heavy atom. The van der Waals surface area contributed by atoms with Crippen LogP contribution < -0.4 is 0 Å². The first-order valence-corrected chi connectivity index (χ1v) is 6.14. The lowest BCUT2D eigenvalue weighted by atomic mass is 9.63. The van der Waals surface area contributed by atoms with Crippen molar-refractivity contribution in [3.63, 3.8) is 0 Å². The van der Waals surface area contributed by atoms with Crippen molar-refractivity contribution in [2.24, 2.45) is 17.3 Å². The van der Waals surface area contributed by atoms with Crippen LogP contribution in [-0.4, -0.2) is 0 Å². The molecular weight excluding hydrogens is 180 g/mol. The van der Waals surface area contributed by atoms with E-state index in [1.807, 2.05) is 0 Å². The van der Waals surface area contributed by atoms with Gasteiger partial charge in [-0.05, 0) is 35.7 Å². The largest absolute Gasteiger partial charge is 0.0798 e. The van der Waals surface area contributed by atoms with Crippen LogP contribution in [0.15, 0.2) is 35.5 Å². The Labute approximate surface area is 93.8 Å². The number of hydrogen-bond donors (Lipinski definition) is 0. The molecule has 0 bridgehead atoms. The molecule has 0 aromatic carbocycles. The number of allylic oxidation sites excluding steroid dienone is 6. The van der Waals surface area contributed by atoms with Gasteiger partial charge in [-0.15, -0.1) is 0 Å². The molecule has 0 nitrogen and oxygen atoms in total. The molecule has 0 N–H and O–H groups in total. The first-order valence-electron chi connectivity index (χ1n) is 6.14. The molecule has 0 aliphatic heterocycles. The van der Waals surface area contributed by atoms with Crippen LogP contribution in [-0.2, 0) is 0 Å². The monoisotopic (exact) mass is 202 g/mol. The van der Waals surface area contributed by atoms with Crippen molar-refractivity contribution in [1.82, 2.24) is 0 Å². The summed E-state index contributed by atoms with van der Waals surface area (Å²) in [5, 5.41) is 0. The van der Waals surface area contributed by atoms with E-state index >= 15 is 0 Å². The lowest BCUT2D eigenvalue weighted by Crippen LogP contribution is -2.33. The fraction of sp³-hybridized carbons (Fsp3) is 0.600. The van der Waals surface area contributed by atoms with Crippen LogP contribution >= 0.6 is 0 Å². The van der Waals surface area contributed by atoms with Crippen LogP contribution in [0.4, 0.5) is 0 Å². The Kier molecular flexibility index (Phi) is 2.62. The third-order valence-electron chi connectivity index (χ3n) is 4.31. The van der Waals surface area contributed by atoms with Gasteiger partial charge < -0.3 is 0 Å². The molecule has 0 amide bonds. The van der Waals surface area contributed by atoms with Gasteiger partial charge in [0.05, 0.1) is 0 Å².